The van der Waals surface area contributed by atoms with Gasteiger partial charge >= 0.3 is 0 Å². The van der Waals surface area contributed by atoms with Gasteiger partial charge in [0.1, 0.15) is 36.0 Å². The molecule has 69 heavy (non-hydrogen) atoms. The van der Waals surface area contributed by atoms with E-state index in [-0.39, 0.29) is 83.2 Å². The van der Waals surface area contributed by atoms with Gasteiger partial charge in [0, 0.05) is 26.2 Å². The number of Topliss-reactive ketones (excluding diaryl/α,β-unsaturated/α-hetero) is 1. The van der Waals surface area contributed by atoms with Gasteiger partial charge in [-0.1, -0.05) is 104 Å². The van der Waals surface area contributed by atoms with Crippen molar-refractivity contribution in [3.63, 3.8) is 0 Å². The third-order valence-corrected chi connectivity index (χ3v) is 11.0. The number of hydrogen-bond acceptors (Lipinski definition) is 11. The molecule has 0 saturated carbocycles. The number of benzene rings is 2. The van der Waals surface area contributed by atoms with E-state index in [1.54, 1.807) is 60.7 Å². The number of nitrogens with one attached hydrogen (secondary N) is 9. The lowest BCUT2D eigenvalue weighted by Crippen LogP contribution is -2.56. The molecule has 0 aliphatic carbocycles. The third-order valence-electron chi connectivity index (χ3n) is 10.1. The van der Waals surface area contributed by atoms with E-state index in [4.69, 9.17) is 0 Å². The highest BCUT2D eigenvalue weighted by molar-refractivity contribution is 7.84. The molecule has 0 aromatic heterocycles. The maximum absolute atomic E-state index is 13.7. The average Bonchev–Trinajstić information content (AvgIpc) is 3.29. The zero-order chi connectivity index (χ0) is 51.5. The Labute approximate surface area is 406 Å². The number of rotatable bonds is 31. The standard InChI is InChI=1S/C47H69BN9O11P/c1-28(2)20-35(44(65)50-24-30(5)58)56-47(68)38(23-33-16-12-9-13-17-33)55-41(62)26-51-43(64)34(53-31(6)59)18-19-39(60)49-25-40(61)54-37(22-32-14-10-8-11-15-32)46(67)57-36(21-29(3)4)45(66)52-27-42(63)69-48-7/h8-17,28-29,34-38,48,69H,18-27H2,1-7H3,(H,49,60)(H,50,65)(H,51,64)(H,52,66)(H,53,59)(H,54,61)(H,55,62)(H,56,68)(H,57,67). The van der Waals surface area contributed by atoms with Gasteiger partial charge in [-0.25, -0.2) is 0 Å². The zero-order valence-corrected chi connectivity index (χ0v) is 41.6. The molecule has 6 unspecified atom stereocenters. The van der Waals surface area contributed by atoms with Crippen molar-refractivity contribution in [1.29, 1.82) is 0 Å². The van der Waals surface area contributed by atoms with E-state index in [9.17, 15) is 52.7 Å². The van der Waals surface area contributed by atoms with Crippen LogP contribution in [0.1, 0.15) is 78.4 Å². The molecule has 0 radical (unpaired) electrons. The number of ketones is 1. The fraction of sp³-hybridized carbons (Fsp3) is 0.511. The summed E-state index contributed by atoms with van der Waals surface area (Å²) in [4.78, 5) is 142. The molecule has 9 N–H and O–H groups in total. The first-order valence-corrected chi connectivity index (χ1v) is 24.3. The van der Waals surface area contributed by atoms with Gasteiger partial charge in [-0.05, 0) is 49.1 Å². The summed E-state index contributed by atoms with van der Waals surface area (Å²) in [5.41, 5.74) is 1.27. The van der Waals surface area contributed by atoms with Crippen molar-refractivity contribution >= 4 is 79.9 Å². The first-order valence-electron chi connectivity index (χ1n) is 23.1. The predicted octanol–water partition coefficient (Wildman–Crippen LogP) is -0.553. The molecule has 0 spiro atoms. The SMILES string of the molecule is CBPC(=O)CNC(=O)C(CC(C)C)NC(=O)C(Cc1ccccc1)NC(=O)CNC(=O)CCC(NC(C)=O)C(=O)NCC(=O)NC(Cc1ccccc1)C(=O)NC(CC(C)C)C(=O)NCC(C)=O. The molecule has 0 heterocycles. The fourth-order valence-electron chi connectivity index (χ4n) is 6.79. The lowest BCUT2D eigenvalue weighted by atomic mass is 10.0. The van der Waals surface area contributed by atoms with E-state index in [1.807, 2.05) is 34.5 Å². The van der Waals surface area contributed by atoms with Gasteiger partial charge in [0.05, 0.1) is 26.2 Å². The lowest BCUT2D eigenvalue weighted by molar-refractivity contribution is -0.133. The van der Waals surface area contributed by atoms with Crippen molar-refractivity contribution in [3.05, 3.63) is 71.8 Å². The second kappa shape index (κ2) is 31.5. The smallest absolute Gasteiger partial charge is 0.243 e. The van der Waals surface area contributed by atoms with Gasteiger partial charge in [0.25, 0.3) is 0 Å². The third kappa shape index (κ3) is 24.9. The second-order valence-electron chi connectivity index (χ2n) is 17.4. The molecule has 9 amide bonds. The van der Waals surface area contributed by atoms with Crippen molar-refractivity contribution in [2.24, 2.45) is 11.8 Å². The Bertz CT molecular complexity index is 2080. The minimum atomic E-state index is -1.29. The lowest BCUT2D eigenvalue weighted by Gasteiger charge is -2.24. The number of amides is 9. The maximum atomic E-state index is 13.7. The Morgan fingerprint density at radius 1 is 0.478 bits per heavy atom. The van der Waals surface area contributed by atoms with Crippen molar-refractivity contribution in [2.45, 2.75) is 117 Å². The number of carbonyl (C=O) groups excluding carboxylic acids is 11. The van der Waals surface area contributed by atoms with Crippen molar-refractivity contribution in [3.8, 4) is 0 Å². The van der Waals surface area contributed by atoms with Crippen LogP contribution in [0.5, 0.6) is 0 Å². The van der Waals surface area contributed by atoms with E-state index in [0.29, 0.717) is 18.1 Å². The Morgan fingerprint density at radius 3 is 1.32 bits per heavy atom. The normalized spacial score (nSPS) is 13.1. The minimum absolute atomic E-state index is 0.0114. The Kier molecular flexibility index (Phi) is 26.8. The highest BCUT2D eigenvalue weighted by Crippen LogP contribution is 2.11. The molecule has 376 valence electrons. The fourth-order valence-corrected chi connectivity index (χ4v) is 7.40. The Balaban J connectivity index is 2.08. The van der Waals surface area contributed by atoms with Gasteiger partial charge in [-0.3, -0.25) is 52.7 Å². The molecular formula is C47H69BN9O11P. The monoisotopic (exact) mass is 977 g/mol. The van der Waals surface area contributed by atoms with E-state index >= 15 is 0 Å². The molecule has 2 rings (SSSR count). The maximum Gasteiger partial charge on any atom is 0.243 e. The van der Waals surface area contributed by atoms with Crippen LogP contribution in [-0.4, -0.2) is 128 Å². The van der Waals surface area contributed by atoms with Crippen LogP contribution in [0.25, 0.3) is 0 Å². The van der Waals surface area contributed by atoms with Crippen molar-refractivity contribution in [1.82, 2.24) is 47.9 Å². The van der Waals surface area contributed by atoms with Gasteiger partial charge < -0.3 is 47.9 Å². The molecule has 2 aromatic carbocycles. The summed E-state index contributed by atoms with van der Waals surface area (Å²) in [6.07, 6.45) is -0.0182. The first kappa shape index (κ1) is 58.6. The topological polar surface area (TPSA) is 296 Å². The molecule has 0 bridgehead atoms. The summed E-state index contributed by atoms with van der Waals surface area (Å²) in [5.74, 6) is -6.35. The van der Waals surface area contributed by atoms with Crippen LogP contribution in [0.3, 0.4) is 0 Å². The van der Waals surface area contributed by atoms with E-state index in [0.717, 1.165) is 6.92 Å². The quantitative estimate of drug-likeness (QED) is 0.0341. The van der Waals surface area contributed by atoms with Crippen LogP contribution in [0.2, 0.25) is 6.82 Å². The number of hydrogen-bond donors (Lipinski definition) is 9. The van der Waals surface area contributed by atoms with Crippen LogP contribution >= 0.6 is 8.46 Å². The van der Waals surface area contributed by atoms with Crippen LogP contribution in [0.15, 0.2) is 60.7 Å². The van der Waals surface area contributed by atoms with Gasteiger partial charge in [-0.15, -0.1) is 0 Å². The predicted molar refractivity (Wildman–Crippen MR) is 263 cm³/mol. The highest BCUT2D eigenvalue weighted by atomic mass is 31.1. The molecule has 0 saturated heterocycles. The summed E-state index contributed by atoms with van der Waals surface area (Å²) >= 11 is 0. The van der Waals surface area contributed by atoms with Crippen molar-refractivity contribution < 1.29 is 52.7 Å². The van der Waals surface area contributed by atoms with Crippen LogP contribution in [0.4, 0.5) is 0 Å². The Hall–Kier alpha value is -6.50. The van der Waals surface area contributed by atoms with Gasteiger partial charge in [-0.2, -0.15) is 0 Å². The molecule has 0 aliphatic heterocycles. The molecule has 2 aromatic rings. The van der Waals surface area contributed by atoms with E-state index in [2.05, 4.69) is 47.9 Å². The van der Waals surface area contributed by atoms with Crippen molar-refractivity contribution in [2.75, 3.05) is 26.2 Å². The zero-order valence-electron chi connectivity index (χ0n) is 40.6. The number of carbonyl (C=O) groups is 11. The van der Waals surface area contributed by atoms with Crippen LogP contribution in [0, 0.1) is 11.8 Å². The molecular weight excluding hydrogens is 908 g/mol. The van der Waals surface area contributed by atoms with Gasteiger partial charge in [0.2, 0.25) is 53.2 Å². The highest BCUT2D eigenvalue weighted by Gasteiger charge is 2.30. The van der Waals surface area contributed by atoms with E-state index < -0.39 is 96.5 Å². The minimum Gasteiger partial charge on any atom is -0.347 e. The Morgan fingerprint density at radius 2 is 0.899 bits per heavy atom. The summed E-state index contributed by atoms with van der Waals surface area (Å²) in [5, 5.41) is 23.0. The summed E-state index contributed by atoms with van der Waals surface area (Å²) < 4.78 is 0. The van der Waals surface area contributed by atoms with Crippen LogP contribution in [-0.2, 0) is 65.6 Å². The van der Waals surface area contributed by atoms with E-state index in [1.165, 1.54) is 6.92 Å². The molecule has 0 aliphatic rings. The molecule has 20 nitrogen and oxygen atoms in total. The molecule has 22 heteroatoms. The second-order valence-corrected chi connectivity index (χ2v) is 19.0. The molecule has 6 atom stereocenters. The largest absolute Gasteiger partial charge is 0.347 e. The first-order chi connectivity index (χ1) is 32.7. The summed E-state index contributed by atoms with van der Waals surface area (Å²) in [6.45, 7) is 10.8. The average molecular weight is 978 g/mol. The summed E-state index contributed by atoms with van der Waals surface area (Å²) in [6, 6.07) is 12.0. The molecule has 0 fully saturated rings. The van der Waals surface area contributed by atoms with Gasteiger partial charge in [0.15, 0.2) is 12.5 Å². The summed E-state index contributed by atoms with van der Waals surface area (Å²) in [7, 11) is 0.0446. The van der Waals surface area contributed by atoms with Crippen LogP contribution < -0.4 is 47.9 Å².